The van der Waals surface area contributed by atoms with Gasteiger partial charge in [-0.2, -0.15) is 0 Å². The molecule has 0 aliphatic carbocycles. The fraction of sp³-hybridized carbons (Fsp3) is 0.800. The number of hydrogen-bond donors (Lipinski definition) is 1. The Bertz CT molecular complexity index is 130. The second-order valence-electron chi connectivity index (χ2n) is 2.08. The van der Waals surface area contributed by atoms with Crippen molar-refractivity contribution in [3.63, 3.8) is 0 Å². The van der Waals surface area contributed by atoms with Crippen LogP contribution in [-0.2, 0) is 14.3 Å². The summed E-state index contributed by atoms with van der Waals surface area (Å²) in [5.41, 5.74) is 4.19. The maximum Gasteiger partial charge on any atom is 0.254 e. The number of methoxy groups -OCH3 is 1. The van der Waals surface area contributed by atoms with Crippen LogP contribution in [0.2, 0.25) is 0 Å². The van der Waals surface area contributed by atoms with Gasteiger partial charge in [0.2, 0.25) is 0 Å². The monoisotopic (exact) mass is 131 g/mol. The Morgan fingerprint density at radius 3 is 2.67 bits per heavy atom. The van der Waals surface area contributed by atoms with E-state index in [-0.39, 0.29) is 6.61 Å². The first-order chi connectivity index (χ1) is 4.21. The van der Waals surface area contributed by atoms with Gasteiger partial charge in [0, 0.05) is 7.11 Å². The van der Waals surface area contributed by atoms with Gasteiger partial charge in [-0.15, -0.1) is 0 Å². The number of hydrogen-bond acceptors (Lipinski definition) is 3. The third-order valence-corrected chi connectivity index (χ3v) is 1.32. The first kappa shape index (κ1) is 6.51. The van der Waals surface area contributed by atoms with Crippen molar-refractivity contribution in [2.45, 2.75) is 5.60 Å². The topological polar surface area (TPSA) is 64.8 Å². The molecule has 1 heterocycles. The third-order valence-electron chi connectivity index (χ3n) is 1.32. The first-order valence-electron chi connectivity index (χ1n) is 2.64. The minimum atomic E-state index is -0.783. The van der Waals surface area contributed by atoms with Gasteiger partial charge in [0.1, 0.15) is 0 Å². The van der Waals surface area contributed by atoms with E-state index in [1.165, 1.54) is 7.11 Å². The van der Waals surface area contributed by atoms with Gasteiger partial charge in [0.05, 0.1) is 13.2 Å². The van der Waals surface area contributed by atoms with Crippen LogP contribution in [0.1, 0.15) is 0 Å². The molecule has 1 aliphatic heterocycles. The predicted octanol–water partition coefficient (Wildman–Crippen LogP) is -1.11. The molecule has 52 valence electrons. The van der Waals surface area contributed by atoms with Crippen molar-refractivity contribution in [1.29, 1.82) is 0 Å². The van der Waals surface area contributed by atoms with Crippen molar-refractivity contribution in [1.82, 2.24) is 0 Å². The Morgan fingerprint density at radius 2 is 2.56 bits per heavy atom. The summed E-state index contributed by atoms with van der Waals surface area (Å²) in [6.45, 7) is 0.665. The molecule has 1 saturated heterocycles. The zero-order chi connectivity index (χ0) is 6.91. The molecule has 0 aromatic rings. The fourth-order valence-corrected chi connectivity index (χ4v) is 0.617. The van der Waals surface area contributed by atoms with E-state index in [1.54, 1.807) is 0 Å². The van der Waals surface area contributed by atoms with Crippen LogP contribution >= 0.6 is 0 Å². The second kappa shape index (κ2) is 1.97. The van der Waals surface area contributed by atoms with Crippen molar-refractivity contribution >= 4 is 5.91 Å². The Balaban J connectivity index is 2.43. The zero-order valence-corrected chi connectivity index (χ0v) is 5.22. The van der Waals surface area contributed by atoms with Gasteiger partial charge in [-0.05, 0) is 0 Å². The molecule has 0 spiro atoms. The molecule has 2 N–H and O–H groups in total. The molecule has 0 aromatic heterocycles. The molecular weight excluding hydrogens is 122 g/mol. The highest BCUT2D eigenvalue weighted by Crippen LogP contribution is 2.25. The van der Waals surface area contributed by atoms with Gasteiger partial charge in [-0.25, -0.2) is 0 Å². The highest BCUT2D eigenvalue weighted by Gasteiger charge is 2.51. The molecular formula is C5H9NO3. The summed E-state index contributed by atoms with van der Waals surface area (Å²) in [5.74, 6) is -0.440. The molecule has 9 heavy (non-hydrogen) atoms. The number of carbonyl (C=O) groups excluding carboxylic acids is 1. The summed E-state index contributed by atoms with van der Waals surface area (Å²) >= 11 is 0. The summed E-state index contributed by atoms with van der Waals surface area (Å²) in [5, 5.41) is 0. The van der Waals surface area contributed by atoms with E-state index in [0.717, 1.165) is 0 Å². The molecule has 0 radical (unpaired) electrons. The highest BCUT2D eigenvalue weighted by atomic mass is 16.6. The number of primary amides is 1. The quantitative estimate of drug-likeness (QED) is 0.494. The molecule has 1 rings (SSSR count). The number of carbonyl (C=O) groups is 1. The minimum Gasteiger partial charge on any atom is -0.381 e. The Morgan fingerprint density at radius 1 is 2.00 bits per heavy atom. The molecule has 1 atom stereocenters. The van der Waals surface area contributed by atoms with Crippen LogP contribution in [0.5, 0.6) is 0 Å². The third kappa shape index (κ3) is 1.04. The van der Waals surface area contributed by atoms with Gasteiger partial charge >= 0.3 is 0 Å². The van der Waals surface area contributed by atoms with Crippen LogP contribution in [-0.4, -0.2) is 31.8 Å². The molecule has 1 amide bonds. The normalized spacial score (nSPS) is 32.1. The van der Waals surface area contributed by atoms with Gasteiger partial charge in [0.15, 0.2) is 5.60 Å². The smallest absolute Gasteiger partial charge is 0.254 e. The maximum absolute atomic E-state index is 10.5. The van der Waals surface area contributed by atoms with Crippen LogP contribution < -0.4 is 5.73 Å². The van der Waals surface area contributed by atoms with Crippen LogP contribution in [0.25, 0.3) is 0 Å². The van der Waals surface area contributed by atoms with E-state index < -0.39 is 11.5 Å². The summed E-state index contributed by atoms with van der Waals surface area (Å²) in [6, 6.07) is 0. The van der Waals surface area contributed by atoms with E-state index in [0.29, 0.717) is 6.61 Å². The number of ether oxygens (including phenoxy) is 2. The van der Waals surface area contributed by atoms with Crippen molar-refractivity contribution in [2.24, 2.45) is 5.73 Å². The second-order valence-corrected chi connectivity index (χ2v) is 2.08. The minimum absolute atomic E-state index is 0.266. The summed E-state index contributed by atoms with van der Waals surface area (Å²) in [6.07, 6.45) is 0. The molecule has 1 unspecified atom stereocenters. The van der Waals surface area contributed by atoms with Crippen molar-refractivity contribution < 1.29 is 14.3 Å². The van der Waals surface area contributed by atoms with Crippen molar-refractivity contribution in [2.75, 3.05) is 20.3 Å². The van der Waals surface area contributed by atoms with Gasteiger partial charge in [-0.1, -0.05) is 0 Å². The fourth-order valence-electron chi connectivity index (χ4n) is 0.617. The Kier molecular flexibility index (Phi) is 1.42. The van der Waals surface area contributed by atoms with Crippen LogP contribution in [0.15, 0.2) is 0 Å². The van der Waals surface area contributed by atoms with E-state index in [9.17, 15) is 4.79 Å². The lowest BCUT2D eigenvalue weighted by Crippen LogP contribution is -2.36. The number of amides is 1. The Hall–Kier alpha value is -0.610. The Labute approximate surface area is 52.9 Å². The first-order valence-corrected chi connectivity index (χ1v) is 2.64. The van der Waals surface area contributed by atoms with Gasteiger partial charge in [0.25, 0.3) is 5.91 Å². The van der Waals surface area contributed by atoms with Gasteiger partial charge in [-0.3, -0.25) is 4.79 Å². The van der Waals surface area contributed by atoms with E-state index in [2.05, 4.69) is 0 Å². The molecule has 0 aromatic carbocycles. The summed E-state index contributed by atoms with van der Waals surface area (Å²) in [4.78, 5) is 10.5. The zero-order valence-electron chi connectivity index (χ0n) is 5.22. The van der Waals surface area contributed by atoms with Crippen LogP contribution in [0, 0.1) is 0 Å². The molecule has 0 saturated carbocycles. The lowest BCUT2D eigenvalue weighted by molar-refractivity contribution is -0.124. The standard InChI is InChI=1S/C5H9NO3/c1-8-2-5(3-9-5)4(6)7/h2-3H2,1H3,(H2,6,7). The molecule has 1 fully saturated rings. The van der Waals surface area contributed by atoms with Gasteiger partial charge < -0.3 is 15.2 Å². The SMILES string of the molecule is COCC1(C(N)=O)CO1. The lowest BCUT2D eigenvalue weighted by Gasteiger charge is -2.03. The summed E-state index contributed by atoms with van der Waals surface area (Å²) in [7, 11) is 1.51. The van der Waals surface area contributed by atoms with Crippen LogP contribution in [0.3, 0.4) is 0 Å². The predicted molar refractivity (Wildman–Crippen MR) is 29.8 cm³/mol. The lowest BCUT2D eigenvalue weighted by atomic mass is 10.2. The number of nitrogens with two attached hydrogens (primary N) is 1. The largest absolute Gasteiger partial charge is 0.381 e. The molecule has 4 heteroatoms. The average molecular weight is 131 g/mol. The highest BCUT2D eigenvalue weighted by molar-refractivity contribution is 5.86. The van der Waals surface area contributed by atoms with Crippen molar-refractivity contribution in [3.05, 3.63) is 0 Å². The van der Waals surface area contributed by atoms with E-state index in [1.807, 2.05) is 0 Å². The molecule has 4 nitrogen and oxygen atoms in total. The van der Waals surface area contributed by atoms with E-state index >= 15 is 0 Å². The summed E-state index contributed by atoms with van der Waals surface area (Å²) < 4.78 is 9.50. The average Bonchev–Trinajstić information content (AvgIpc) is 2.49. The van der Waals surface area contributed by atoms with E-state index in [4.69, 9.17) is 15.2 Å². The number of rotatable bonds is 3. The van der Waals surface area contributed by atoms with Crippen molar-refractivity contribution in [3.8, 4) is 0 Å². The maximum atomic E-state index is 10.5. The van der Waals surface area contributed by atoms with Crippen LogP contribution in [0.4, 0.5) is 0 Å². The number of epoxide rings is 1. The molecule has 0 bridgehead atoms. The molecule has 1 aliphatic rings.